The summed E-state index contributed by atoms with van der Waals surface area (Å²) in [6.07, 6.45) is 3.07. The van der Waals surface area contributed by atoms with Crippen LogP contribution in [0.1, 0.15) is 18.6 Å². The molecule has 0 aliphatic carbocycles. The number of ether oxygens (including phenoxy) is 1. The van der Waals surface area contributed by atoms with Gasteiger partial charge in [0.25, 0.3) is 5.56 Å². The van der Waals surface area contributed by atoms with Crippen LogP contribution in [0.4, 0.5) is 0 Å². The van der Waals surface area contributed by atoms with Crippen LogP contribution in [0.3, 0.4) is 0 Å². The predicted molar refractivity (Wildman–Crippen MR) is 106 cm³/mol. The molecule has 3 aromatic rings. The number of pyridine rings is 1. The van der Waals surface area contributed by atoms with Crippen molar-refractivity contribution < 1.29 is 17.7 Å². The highest BCUT2D eigenvalue weighted by molar-refractivity contribution is 7.89. The monoisotopic (exact) mass is 415 g/mol. The first kappa shape index (κ1) is 19.4. The van der Waals surface area contributed by atoms with Gasteiger partial charge in [-0.05, 0) is 43.2 Å². The molecule has 1 aliphatic rings. The first-order chi connectivity index (χ1) is 14.0. The van der Waals surface area contributed by atoms with Gasteiger partial charge in [-0.15, -0.1) is 0 Å². The summed E-state index contributed by atoms with van der Waals surface area (Å²) in [4.78, 5) is 12.4. The van der Waals surface area contributed by atoms with Crippen LogP contribution in [0.25, 0.3) is 11.3 Å². The Morgan fingerprint density at radius 2 is 1.83 bits per heavy atom. The molecule has 29 heavy (non-hydrogen) atoms. The van der Waals surface area contributed by atoms with Crippen LogP contribution >= 0.6 is 0 Å². The minimum absolute atomic E-state index is 0.0886. The largest absolute Gasteiger partial charge is 0.497 e. The minimum atomic E-state index is -3.60. The van der Waals surface area contributed by atoms with Crippen molar-refractivity contribution >= 4 is 10.0 Å². The summed E-state index contributed by atoms with van der Waals surface area (Å²) in [5.74, 6) is 1.19. The Balaban J connectivity index is 1.58. The topological polar surface area (TPSA) is 94.6 Å². The number of rotatable bonds is 6. The molecule has 0 spiro atoms. The number of aromatic nitrogens is 2. The number of benzene rings is 1. The molecule has 0 unspecified atom stereocenters. The molecule has 1 saturated heterocycles. The quantitative estimate of drug-likeness (QED) is 0.613. The zero-order valence-corrected chi connectivity index (χ0v) is 16.8. The average Bonchev–Trinajstić information content (AvgIpc) is 3.42. The molecule has 0 saturated carbocycles. The lowest BCUT2D eigenvalue weighted by Crippen LogP contribution is -2.29. The van der Waals surface area contributed by atoms with E-state index in [2.05, 4.69) is 5.16 Å². The highest BCUT2D eigenvalue weighted by Gasteiger charge is 2.27. The summed E-state index contributed by atoms with van der Waals surface area (Å²) in [5.41, 5.74) is 1.16. The highest BCUT2D eigenvalue weighted by atomic mass is 32.2. The number of hydrogen-bond donors (Lipinski definition) is 0. The average molecular weight is 415 g/mol. The van der Waals surface area contributed by atoms with Crippen molar-refractivity contribution in [1.82, 2.24) is 14.0 Å². The SMILES string of the molecule is COc1ccc(-c2cc(Cn3cc(S(=O)(=O)N4CCCC4)ccc3=O)on2)cc1. The second-order valence-corrected chi connectivity index (χ2v) is 8.79. The smallest absolute Gasteiger partial charge is 0.251 e. The molecule has 9 heteroatoms. The van der Waals surface area contributed by atoms with Gasteiger partial charge in [0.1, 0.15) is 11.4 Å². The molecule has 4 rings (SSSR count). The van der Waals surface area contributed by atoms with Gasteiger partial charge < -0.3 is 13.8 Å². The van der Waals surface area contributed by atoms with E-state index in [0.717, 1.165) is 24.2 Å². The molecule has 8 nitrogen and oxygen atoms in total. The summed E-state index contributed by atoms with van der Waals surface area (Å²) in [6.45, 7) is 1.11. The standard InChI is InChI=1S/C20H21N3O5S/c1-27-16-6-4-15(5-7-16)19-12-17(28-21-19)13-22-14-18(8-9-20(22)24)29(25,26)23-10-2-3-11-23/h4-9,12,14H,2-3,10-11,13H2,1H3. The molecule has 0 atom stereocenters. The van der Waals surface area contributed by atoms with E-state index < -0.39 is 10.0 Å². The van der Waals surface area contributed by atoms with E-state index in [0.29, 0.717) is 24.5 Å². The lowest BCUT2D eigenvalue weighted by atomic mass is 10.1. The first-order valence-corrected chi connectivity index (χ1v) is 10.7. The van der Waals surface area contributed by atoms with Crippen LogP contribution in [0.5, 0.6) is 5.75 Å². The Kier molecular flexibility index (Phi) is 5.25. The summed E-state index contributed by atoms with van der Waals surface area (Å²) in [5, 5.41) is 4.04. The summed E-state index contributed by atoms with van der Waals surface area (Å²) >= 11 is 0. The van der Waals surface area contributed by atoms with Crippen molar-refractivity contribution in [3.63, 3.8) is 0 Å². The van der Waals surface area contributed by atoms with Gasteiger partial charge in [0, 0.05) is 37.0 Å². The second kappa shape index (κ2) is 7.84. The Morgan fingerprint density at radius 3 is 2.52 bits per heavy atom. The van der Waals surface area contributed by atoms with Gasteiger partial charge in [-0.1, -0.05) is 5.16 Å². The van der Waals surface area contributed by atoms with Crippen LogP contribution in [0.15, 0.2) is 62.9 Å². The second-order valence-electron chi connectivity index (χ2n) is 6.85. The molecule has 0 bridgehead atoms. The molecule has 0 amide bonds. The maximum absolute atomic E-state index is 12.8. The lowest BCUT2D eigenvalue weighted by molar-refractivity contribution is 0.376. The van der Waals surface area contributed by atoms with Gasteiger partial charge in [-0.3, -0.25) is 4.79 Å². The van der Waals surface area contributed by atoms with E-state index in [4.69, 9.17) is 9.26 Å². The zero-order chi connectivity index (χ0) is 20.4. The van der Waals surface area contributed by atoms with E-state index in [-0.39, 0.29) is 17.0 Å². The molecule has 0 N–H and O–H groups in total. The molecule has 3 heterocycles. The van der Waals surface area contributed by atoms with Crippen LogP contribution in [0.2, 0.25) is 0 Å². The summed E-state index contributed by atoms with van der Waals surface area (Å²) < 4.78 is 38.8. The van der Waals surface area contributed by atoms with Crippen LogP contribution in [0, 0.1) is 0 Å². The fourth-order valence-corrected chi connectivity index (χ4v) is 4.85. The van der Waals surface area contributed by atoms with Gasteiger partial charge in [0.05, 0.1) is 18.6 Å². The van der Waals surface area contributed by atoms with E-state index in [1.165, 1.54) is 27.2 Å². The van der Waals surface area contributed by atoms with Gasteiger partial charge in [0.15, 0.2) is 5.76 Å². The maximum Gasteiger partial charge on any atom is 0.251 e. The Morgan fingerprint density at radius 1 is 1.10 bits per heavy atom. The fourth-order valence-electron chi connectivity index (χ4n) is 3.32. The molecule has 152 valence electrons. The highest BCUT2D eigenvalue weighted by Crippen LogP contribution is 2.23. The number of nitrogens with zero attached hydrogens (tertiary/aromatic N) is 3. The Bertz CT molecular complexity index is 1160. The lowest BCUT2D eigenvalue weighted by Gasteiger charge is -2.16. The van der Waals surface area contributed by atoms with Gasteiger partial charge in [0.2, 0.25) is 10.0 Å². The van der Waals surface area contributed by atoms with Gasteiger partial charge in [-0.25, -0.2) is 8.42 Å². The van der Waals surface area contributed by atoms with Crippen LogP contribution < -0.4 is 10.3 Å². The maximum atomic E-state index is 12.8. The van der Waals surface area contributed by atoms with Crippen molar-refractivity contribution in [2.45, 2.75) is 24.3 Å². The van der Waals surface area contributed by atoms with E-state index in [1.54, 1.807) is 13.2 Å². The van der Waals surface area contributed by atoms with Crippen molar-refractivity contribution in [3.8, 4) is 17.0 Å². The minimum Gasteiger partial charge on any atom is -0.497 e. The molecule has 2 aromatic heterocycles. The third-order valence-corrected chi connectivity index (χ3v) is 6.81. The molecular weight excluding hydrogens is 394 g/mol. The Hall–Kier alpha value is -2.91. The molecular formula is C20H21N3O5S. The third kappa shape index (κ3) is 3.96. The molecule has 1 aliphatic heterocycles. The Labute approximate surface area is 168 Å². The molecule has 0 radical (unpaired) electrons. The van der Waals surface area contributed by atoms with Gasteiger partial charge >= 0.3 is 0 Å². The zero-order valence-electron chi connectivity index (χ0n) is 15.9. The van der Waals surface area contributed by atoms with E-state index in [9.17, 15) is 13.2 Å². The summed E-state index contributed by atoms with van der Waals surface area (Å²) in [6, 6.07) is 11.7. The number of hydrogen-bond acceptors (Lipinski definition) is 6. The summed E-state index contributed by atoms with van der Waals surface area (Å²) in [7, 11) is -2.00. The third-order valence-electron chi connectivity index (χ3n) is 4.93. The van der Waals surface area contributed by atoms with Crippen molar-refractivity contribution in [2.24, 2.45) is 0 Å². The van der Waals surface area contributed by atoms with Crippen LogP contribution in [-0.4, -0.2) is 42.6 Å². The van der Waals surface area contributed by atoms with Crippen molar-refractivity contribution in [1.29, 1.82) is 0 Å². The number of sulfonamides is 1. The van der Waals surface area contributed by atoms with E-state index in [1.807, 2.05) is 24.3 Å². The van der Waals surface area contributed by atoms with Crippen LogP contribution in [-0.2, 0) is 16.6 Å². The fraction of sp³-hybridized carbons (Fsp3) is 0.300. The predicted octanol–water partition coefficient (Wildman–Crippen LogP) is 2.34. The van der Waals surface area contributed by atoms with Gasteiger partial charge in [-0.2, -0.15) is 4.31 Å². The number of methoxy groups -OCH3 is 1. The molecule has 1 fully saturated rings. The van der Waals surface area contributed by atoms with Crippen molar-refractivity contribution in [3.05, 3.63) is 64.8 Å². The van der Waals surface area contributed by atoms with Crippen molar-refractivity contribution in [2.75, 3.05) is 20.2 Å². The molecule has 1 aromatic carbocycles. The first-order valence-electron chi connectivity index (χ1n) is 9.28. The normalized spacial score (nSPS) is 14.9. The van der Waals surface area contributed by atoms with E-state index >= 15 is 0 Å².